The summed E-state index contributed by atoms with van der Waals surface area (Å²) in [5.74, 6) is -0.275. The highest BCUT2D eigenvalue weighted by Gasteiger charge is 2.13. The van der Waals surface area contributed by atoms with Gasteiger partial charge in [-0.25, -0.2) is 4.79 Å². The minimum atomic E-state index is -0.556. The summed E-state index contributed by atoms with van der Waals surface area (Å²) >= 11 is 0. The molecule has 0 atom stereocenters. The van der Waals surface area contributed by atoms with E-state index in [1.165, 1.54) is 0 Å². The van der Waals surface area contributed by atoms with Crippen LogP contribution in [0.3, 0.4) is 0 Å². The van der Waals surface area contributed by atoms with Crippen molar-refractivity contribution in [1.29, 1.82) is 0 Å². The molecule has 0 heterocycles. The molecular formula is C17H18N2O4. The van der Waals surface area contributed by atoms with E-state index in [1.54, 1.807) is 62.7 Å². The lowest BCUT2D eigenvalue weighted by atomic mass is 10.2. The monoisotopic (exact) mass is 314 g/mol. The zero-order valence-electron chi connectivity index (χ0n) is 13.0. The molecule has 0 aliphatic rings. The highest BCUT2D eigenvalue weighted by molar-refractivity contribution is 5.98. The number of anilines is 2. The molecule has 1 amide bonds. The van der Waals surface area contributed by atoms with Crippen LogP contribution in [0.4, 0.5) is 11.4 Å². The third-order valence-corrected chi connectivity index (χ3v) is 3.12. The number of carbonyl (C=O) groups excluding carboxylic acids is 2. The highest BCUT2D eigenvalue weighted by atomic mass is 16.5. The number of hydrogen-bond acceptors (Lipinski definition) is 5. The van der Waals surface area contributed by atoms with Gasteiger partial charge in [0, 0.05) is 18.4 Å². The molecule has 6 nitrogen and oxygen atoms in total. The topological polar surface area (TPSA) is 76.7 Å². The Labute approximate surface area is 134 Å². The summed E-state index contributed by atoms with van der Waals surface area (Å²) in [6, 6.07) is 13.8. The van der Waals surface area contributed by atoms with Gasteiger partial charge in [-0.3, -0.25) is 4.79 Å². The second kappa shape index (κ2) is 7.84. The number of carbonyl (C=O) groups is 2. The summed E-state index contributed by atoms with van der Waals surface area (Å²) < 4.78 is 10.1. The van der Waals surface area contributed by atoms with E-state index in [0.29, 0.717) is 22.7 Å². The van der Waals surface area contributed by atoms with Crippen LogP contribution in [0.5, 0.6) is 5.75 Å². The second-order valence-electron chi connectivity index (χ2n) is 4.65. The first-order valence-corrected chi connectivity index (χ1v) is 7.02. The number of ether oxygens (including phenoxy) is 2. The zero-order chi connectivity index (χ0) is 16.7. The molecule has 0 fully saturated rings. The van der Waals surface area contributed by atoms with Gasteiger partial charge in [-0.15, -0.1) is 0 Å². The Morgan fingerprint density at radius 1 is 1.04 bits per heavy atom. The summed E-state index contributed by atoms with van der Waals surface area (Å²) in [6.45, 7) is -0.358. The van der Waals surface area contributed by atoms with Gasteiger partial charge in [-0.05, 0) is 36.4 Å². The molecule has 0 radical (unpaired) electrons. The van der Waals surface area contributed by atoms with Crippen molar-refractivity contribution in [3.63, 3.8) is 0 Å². The fourth-order valence-corrected chi connectivity index (χ4v) is 1.96. The van der Waals surface area contributed by atoms with Crippen LogP contribution >= 0.6 is 0 Å². The Kier molecular flexibility index (Phi) is 5.57. The van der Waals surface area contributed by atoms with Crippen LogP contribution < -0.4 is 15.4 Å². The number of esters is 1. The van der Waals surface area contributed by atoms with E-state index in [4.69, 9.17) is 9.47 Å². The maximum atomic E-state index is 12.0. The summed E-state index contributed by atoms with van der Waals surface area (Å²) in [5.41, 5.74) is 1.63. The zero-order valence-corrected chi connectivity index (χ0v) is 13.0. The average Bonchev–Trinajstić information content (AvgIpc) is 2.60. The van der Waals surface area contributed by atoms with Gasteiger partial charge in [0.2, 0.25) is 0 Å². The van der Waals surface area contributed by atoms with Gasteiger partial charge in [-0.1, -0.05) is 12.1 Å². The van der Waals surface area contributed by atoms with Gasteiger partial charge in [0.05, 0.1) is 12.7 Å². The third-order valence-electron chi connectivity index (χ3n) is 3.12. The first-order valence-electron chi connectivity index (χ1n) is 7.02. The molecule has 2 aromatic carbocycles. The molecule has 0 aliphatic carbocycles. The van der Waals surface area contributed by atoms with Gasteiger partial charge in [0.25, 0.3) is 5.91 Å². The smallest absolute Gasteiger partial charge is 0.340 e. The van der Waals surface area contributed by atoms with Crippen molar-refractivity contribution in [3.05, 3.63) is 54.1 Å². The van der Waals surface area contributed by atoms with Crippen LogP contribution in [-0.4, -0.2) is 32.6 Å². The number of nitrogens with one attached hydrogen (secondary N) is 2. The molecule has 23 heavy (non-hydrogen) atoms. The van der Waals surface area contributed by atoms with Crippen molar-refractivity contribution in [1.82, 2.24) is 0 Å². The first kappa shape index (κ1) is 16.4. The fourth-order valence-electron chi connectivity index (χ4n) is 1.96. The Bertz CT molecular complexity index is 683. The Morgan fingerprint density at radius 3 is 2.39 bits per heavy atom. The maximum Gasteiger partial charge on any atom is 0.340 e. The van der Waals surface area contributed by atoms with Gasteiger partial charge >= 0.3 is 5.97 Å². The molecule has 0 aromatic heterocycles. The van der Waals surface area contributed by atoms with Crippen molar-refractivity contribution in [3.8, 4) is 5.75 Å². The molecule has 0 unspecified atom stereocenters. The molecule has 0 aliphatic heterocycles. The molecular weight excluding hydrogens is 296 g/mol. The summed E-state index contributed by atoms with van der Waals surface area (Å²) in [5, 5.41) is 5.54. The van der Waals surface area contributed by atoms with E-state index in [0.717, 1.165) is 0 Å². The largest absolute Gasteiger partial charge is 0.497 e. The SMILES string of the molecule is CNc1ccccc1C(=O)OCC(=O)Nc1ccc(OC)cc1. The molecule has 120 valence electrons. The van der Waals surface area contributed by atoms with Crippen molar-refractivity contribution in [2.24, 2.45) is 0 Å². The predicted octanol–water partition coefficient (Wildman–Crippen LogP) is 2.53. The Balaban J connectivity index is 1.89. The highest BCUT2D eigenvalue weighted by Crippen LogP contribution is 2.16. The van der Waals surface area contributed by atoms with Crippen LogP contribution in [0.25, 0.3) is 0 Å². The second-order valence-corrected chi connectivity index (χ2v) is 4.65. The number of amides is 1. The Hall–Kier alpha value is -3.02. The molecule has 2 aromatic rings. The third kappa shape index (κ3) is 4.47. The fraction of sp³-hybridized carbons (Fsp3) is 0.176. The molecule has 2 rings (SSSR count). The summed E-state index contributed by atoms with van der Waals surface area (Å²) in [4.78, 5) is 23.8. The van der Waals surface area contributed by atoms with Crippen LogP contribution in [-0.2, 0) is 9.53 Å². The van der Waals surface area contributed by atoms with E-state index in [9.17, 15) is 9.59 Å². The predicted molar refractivity (Wildman–Crippen MR) is 87.9 cm³/mol. The van der Waals surface area contributed by atoms with Gasteiger partial charge in [0.1, 0.15) is 5.75 Å². The summed E-state index contributed by atoms with van der Waals surface area (Å²) in [7, 11) is 3.28. The van der Waals surface area contributed by atoms with E-state index in [1.807, 2.05) is 0 Å². The van der Waals surface area contributed by atoms with Crippen LogP contribution in [0.15, 0.2) is 48.5 Å². The van der Waals surface area contributed by atoms with Gasteiger partial charge in [-0.2, -0.15) is 0 Å². The minimum absolute atomic E-state index is 0.358. The van der Waals surface area contributed by atoms with E-state index < -0.39 is 11.9 Å². The van der Waals surface area contributed by atoms with E-state index >= 15 is 0 Å². The quantitative estimate of drug-likeness (QED) is 0.801. The molecule has 2 N–H and O–H groups in total. The number of para-hydroxylation sites is 1. The van der Waals surface area contributed by atoms with E-state index in [2.05, 4.69) is 10.6 Å². The molecule has 0 bridgehead atoms. The number of benzene rings is 2. The van der Waals surface area contributed by atoms with Crippen LogP contribution in [0, 0.1) is 0 Å². The van der Waals surface area contributed by atoms with Crippen LogP contribution in [0.2, 0.25) is 0 Å². The minimum Gasteiger partial charge on any atom is -0.497 e. The number of methoxy groups -OCH3 is 1. The normalized spacial score (nSPS) is 9.83. The first-order chi connectivity index (χ1) is 11.1. The lowest BCUT2D eigenvalue weighted by Crippen LogP contribution is -2.21. The average molecular weight is 314 g/mol. The van der Waals surface area contributed by atoms with Crippen molar-refractivity contribution in [2.45, 2.75) is 0 Å². The van der Waals surface area contributed by atoms with Gasteiger partial charge < -0.3 is 20.1 Å². The standard InChI is InChI=1S/C17H18N2O4/c1-18-15-6-4-3-5-14(15)17(21)23-11-16(20)19-12-7-9-13(22-2)10-8-12/h3-10,18H,11H2,1-2H3,(H,19,20). The van der Waals surface area contributed by atoms with Crippen molar-refractivity contribution in [2.75, 3.05) is 31.4 Å². The molecule has 0 saturated carbocycles. The lowest BCUT2D eigenvalue weighted by molar-refractivity contribution is -0.119. The van der Waals surface area contributed by atoms with E-state index in [-0.39, 0.29) is 6.61 Å². The molecule has 0 saturated heterocycles. The maximum absolute atomic E-state index is 12.0. The molecule has 6 heteroatoms. The number of rotatable bonds is 6. The van der Waals surface area contributed by atoms with Gasteiger partial charge in [0.15, 0.2) is 6.61 Å². The Morgan fingerprint density at radius 2 is 1.74 bits per heavy atom. The number of hydrogen-bond donors (Lipinski definition) is 2. The summed E-state index contributed by atoms with van der Waals surface area (Å²) in [6.07, 6.45) is 0. The van der Waals surface area contributed by atoms with Crippen molar-refractivity contribution >= 4 is 23.3 Å². The molecule has 0 spiro atoms. The van der Waals surface area contributed by atoms with Crippen LogP contribution in [0.1, 0.15) is 10.4 Å². The lowest BCUT2D eigenvalue weighted by Gasteiger charge is -2.09. The van der Waals surface area contributed by atoms with Crippen molar-refractivity contribution < 1.29 is 19.1 Å².